The van der Waals surface area contributed by atoms with Crippen molar-refractivity contribution in [3.63, 3.8) is 0 Å². The van der Waals surface area contributed by atoms with E-state index in [1.54, 1.807) is 22.8 Å². The molecule has 0 unspecified atom stereocenters. The van der Waals surface area contributed by atoms with E-state index in [1.807, 2.05) is 31.2 Å². The molecule has 27 heavy (non-hydrogen) atoms. The number of hydrogen-bond acceptors (Lipinski definition) is 5. The second-order valence-electron chi connectivity index (χ2n) is 6.32. The molecule has 8 heteroatoms. The van der Waals surface area contributed by atoms with E-state index in [1.165, 1.54) is 0 Å². The lowest BCUT2D eigenvalue weighted by Gasteiger charge is -2.25. The van der Waals surface area contributed by atoms with Gasteiger partial charge in [0.15, 0.2) is 5.69 Å². The fraction of sp³-hybridized carbons (Fsp3) is 0.421. The summed E-state index contributed by atoms with van der Waals surface area (Å²) in [6, 6.07) is 9.24. The van der Waals surface area contributed by atoms with E-state index in [0.717, 1.165) is 17.0 Å². The summed E-state index contributed by atoms with van der Waals surface area (Å²) in [6.07, 6.45) is 0. The molecule has 0 spiro atoms. The molecule has 2 heterocycles. The molecule has 1 fully saturated rings. The molecule has 1 aromatic heterocycles. The van der Waals surface area contributed by atoms with Crippen LogP contribution in [0.25, 0.3) is 0 Å². The molecule has 0 radical (unpaired) electrons. The van der Waals surface area contributed by atoms with Gasteiger partial charge in [-0.05, 0) is 19.1 Å². The lowest BCUT2D eigenvalue weighted by molar-refractivity contribution is -0.122. The number of methoxy groups -OCH3 is 1. The molecule has 2 amide bonds. The molecule has 0 atom stereocenters. The Morgan fingerprint density at radius 3 is 2.74 bits per heavy atom. The zero-order valence-corrected chi connectivity index (χ0v) is 15.6. The normalized spacial score (nSPS) is 14.1. The number of aryl methyl sites for hydroxylation is 1. The van der Waals surface area contributed by atoms with Crippen LogP contribution in [0, 0.1) is 6.92 Å². The third-order valence-corrected chi connectivity index (χ3v) is 4.46. The Morgan fingerprint density at radius 2 is 2.00 bits per heavy atom. The number of carbonyl (C=O) groups excluding carboxylic acids is 2. The van der Waals surface area contributed by atoms with Crippen LogP contribution in [0.5, 0.6) is 5.75 Å². The number of benzene rings is 1. The molecule has 144 valence electrons. The van der Waals surface area contributed by atoms with Gasteiger partial charge in [-0.2, -0.15) is 5.10 Å². The maximum atomic E-state index is 12.5. The van der Waals surface area contributed by atoms with Crippen molar-refractivity contribution < 1.29 is 19.1 Å². The summed E-state index contributed by atoms with van der Waals surface area (Å²) in [6.45, 7) is 4.44. The summed E-state index contributed by atoms with van der Waals surface area (Å²) < 4.78 is 12.1. The molecule has 1 aliphatic heterocycles. The average molecular weight is 372 g/mol. The van der Waals surface area contributed by atoms with Crippen molar-refractivity contribution in [2.75, 3.05) is 33.4 Å². The third kappa shape index (κ3) is 4.65. The molecular weight excluding hydrogens is 348 g/mol. The fourth-order valence-corrected chi connectivity index (χ4v) is 2.94. The first-order valence-electron chi connectivity index (χ1n) is 8.88. The standard InChI is InChI=1S/C19H24N4O4/c1-14-11-16(19(25)22-7-9-27-10-8-22)21-23(14)13-18(24)20-12-15-5-3-4-6-17(15)26-2/h3-6,11H,7-10,12-13H2,1-2H3,(H,20,24). The zero-order valence-electron chi connectivity index (χ0n) is 15.6. The SMILES string of the molecule is COc1ccccc1CNC(=O)Cn1nc(C(=O)N2CCOCC2)cc1C. The molecule has 0 saturated carbocycles. The van der Waals surface area contributed by atoms with Crippen molar-refractivity contribution in [3.05, 3.63) is 47.3 Å². The number of nitrogens with one attached hydrogen (secondary N) is 1. The van der Waals surface area contributed by atoms with Gasteiger partial charge in [0.2, 0.25) is 5.91 Å². The summed E-state index contributed by atoms with van der Waals surface area (Å²) in [5.41, 5.74) is 2.01. The predicted molar refractivity (Wildman–Crippen MR) is 98.5 cm³/mol. The first-order chi connectivity index (χ1) is 13.1. The van der Waals surface area contributed by atoms with E-state index in [4.69, 9.17) is 9.47 Å². The van der Waals surface area contributed by atoms with Gasteiger partial charge in [-0.15, -0.1) is 0 Å². The Hall–Kier alpha value is -2.87. The number of para-hydroxylation sites is 1. The maximum absolute atomic E-state index is 12.5. The molecule has 0 aliphatic carbocycles. The molecule has 1 aromatic carbocycles. The average Bonchev–Trinajstić information content (AvgIpc) is 3.07. The number of ether oxygens (including phenoxy) is 2. The van der Waals surface area contributed by atoms with Gasteiger partial charge in [0.1, 0.15) is 12.3 Å². The number of rotatable bonds is 6. The van der Waals surface area contributed by atoms with Gasteiger partial charge in [-0.1, -0.05) is 18.2 Å². The summed E-state index contributed by atoms with van der Waals surface area (Å²) in [5, 5.41) is 7.17. The second-order valence-corrected chi connectivity index (χ2v) is 6.32. The molecular formula is C19H24N4O4. The van der Waals surface area contributed by atoms with Crippen LogP contribution in [-0.4, -0.2) is 59.9 Å². The lowest BCUT2D eigenvalue weighted by atomic mass is 10.2. The van der Waals surface area contributed by atoms with E-state index in [0.29, 0.717) is 38.5 Å². The monoisotopic (exact) mass is 372 g/mol. The van der Waals surface area contributed by atoms with Crippen LogP contribution >= 0.6 is 0 Å². The maximum Gasteiger partial charge on any atom is 0.274 e. The van der Waals surface area contributed by atoms with E-state index in [-0.39, 0.29) is 18.4 Å². The van der Waals surface area contributed by atoms with Crippen LogP contribution in [0.3, 0.4) is 0 Å². The minimum Gasteiger partial charge on any atom is -0.496 e. The Morgan fingerprint density at radius 1 is 1.26 bits per heavy atom. The number of amides is 2. The van der Waals surface area contributed by atoms with Crippen LogP contribution in [-0.2, 0) is 22.6 Å². The van der Waals surface area contributed by atoms with Crippen molar-refractivity contribution in [2.45, 2.75) is 20.0 Å². The Balaban J connectivity index is 1.59. The topological polar surface area (TPSA) is 85.7 Å². The smallest absolute Gasteiger partial charge is 0.274 e. The lowest BCUT2D eigenvalue weighted by Crippen LogP contribution is -2.40. The number of aromatic nitrogens is 2. The minimum absolute atomic E-state index is 0.0529. The van der Waals surface area contributed by atoms with Crippen LogP contribution in [0.15, 0.2) is 30.3 Å². The van der Waals surface area contributed by atoms with Crippen molar-refractivity contribution in [3.8, 4) is 5.75 Å². The van der Waals surface area contributed by atoms with E-state index in [9.17, 15) is 9.59 Å². The van der Waals surface area contributed by atoms with Gasteiger partial charge in [0.25, 0.3) is 5.91 Å². The molecule has 1 aliphatic rings. The zero-order chi connectivity index (χ0) is 19.2. The van der Waals surface area contributed by atoms with Crippen molar-refractivity contribution in [1.82, 2.24) is 20.0 Å². The highest BCUT2D eigenvalue weighted by atomic mass is 16.5. The Labute approximate surface area is 158 Å². The second kappa shape index (κ2) is 8.68. The number of morpholine rings is 1. The highest BCUT2D eigenvalue weighted by Gasteiger charge is 2.22. The van der Waals surface area contributed by atoms with Crippen LogP contribution in [0.2, 0.25) is 0 Å². The van der Waals surface area contributed by atoms with Crippen molar-refractivity contribution in [2.24, 2.45) is 0 Å². The molecule has 1 saturated heterocycles. The minimum atomic E-state index is -0.183. The molecule has 0 bridgehead atoms. The van der Waals surface area contributed by atoms with E-state index < -0.39 is 0 Å². The third-order valence-electron chi connectivity index (χ3n) is 4.46. The summed E-state index contributed by atoms with van der Waals surface area (Å²) >= 11 is 0. The Bertz CT molecular complexity index is 812. The number of hydrogen-bond donors (Lipinski definition) is 1. The van der Waals surface area contributed by atoms with Crippen molar-refractivity contribution >= 4 is 11.8 Å². The van der Waals surface area contributed by atoms with Crippen LogP contribution in [0.1, 0.15) is 21.7 Å². The first kappa shape index (κ1) is 18.9. The van der Waals surface area contributed by atoms with E-state index >= 15 is 0 Å². The van der Waals surface area contributed by atoms with E-state index in [2.05, 4.69) is 10.4 Å². The van der Waals surface area contributed by atoms with Crippen molar-refractivity contribution in [1.29, 1.82) is 0 Å². The first-order valence-corrected chi connectivity index (χ1v) is 8.88. The highest BCUT2D eigenvalue weighted by molar-refractivity contribution is 5.92. The van der Waals surface area contributed by atoms with Crippen LogP contribution in [0.4, 0.5) is 0 Å². The van der Waals surface area contributed by atoms with Gasteiger partial charge in [-0.25, -0.2) is 0 Å². The summed E-state index contributed by atoms with van der Waals surface area (Å²) in [5.74, 6) is 0.415. The predicted octanol–water partition coefficient (Wildman–Crippen LogP) is 0.989. The molecule has 2 aromatic rings. The largest absolute Gasteiger partial charge is 0.496 e. The summed E-state index contributed by atoms with van der Waals surface area (Å²) in [4.78, 5) is 26.5. The van der Waals surface area contributed by atoms with Crippen LogP contribution < -0.4 is 10.1 Å². The van der Waals surface area contributed by atoms with Gasteiger partial charge < -0.3 is 19.7 Å². The van der Waals surface area contributed by atoms with Gasteiger partial charge in [0, 0.05) is 30.9 Å². The van der Waals surface area contributed by atoms with Gasteiger partial charge in [-0.3, -0.25) is 14.3 Å². The quantitative estimate of drug-likeness (QED) is 0.817. The van der Waals surface area contributed by atoms with Gasteiger partial charge in [0.05, 0.1) is 20.3 Å². The number of carbonyl (C=O) groups is 2. The summed E-state index contributed by atoms with van der Waals surface area (Å²) in [7, 11) is 1.60. The Kier molecular flexibility index (Phi) is 6.08. The van der Waals surface area contributed by atoms with Gasteiger partial charge >= 0.3 is 0 Å². The number of nitrogens with zero attached hydrogens (tertiary/aromatic N) is 3. The highest BCUT2D eigenvalue weighted by Crippen LogP contribution is 2.16. The molecule has 3 rings (SSSR count). The molecule has 8 nitrogen and oxygen atoms in total. The fourth-order valence-electron chi connectivity index (χ4n) is 2.94. The molecule has 1 N–H and O–H groups in total.